The first kappa shape index (κ1) is 24.3. The number of anilines is 1. The molecule has 1 aliphatic heterocycles. The maximum Gasteiger partial charge on any atom is 0.345 e. The largest absolute Gasteiger partial charge is 0.345 e. The van der Waals surface area contributed by atoms with Gasteiger partial charge >= 0.3 is 6.03 Å². The molecule has 0 radical (unpaired) electrons. The van der Waals surface area contributed by atoms with Crippen LogP contribution in [0.4, 0.5) is 10.5 Å². The molecule has 6 nitrogen and oxygen atoms in total. The van der Waals surface area contributed by atoms with E-state index in [9.17, 15) is 4.79 Å². The molecular weight excluding hydrogens is 490 g/mol. The Hall–Kier alpha value is -4.07. The molecule has 0 saturated heterocycles. The number of urea groups is 1. The highest BCUT2D eigenvalue weighted by Crippen LogP contribution is 2.31. The van der Waals surface area contributed by atoms with Crippen LogP contribution >= 0.6 is 11.3 Å². The fourth-order valence-electron chi connectivity index (χ4n) is 5.01. The van der Waals surface area contributed by atoms with Crippen LogP contribution in [0.2, 0.25) is 0 Å². The van der Waals surface area contributed by atoms with Crippen LogP contribution in [0.5, 0.6) is 0 Å². The molecule has 5 aromatic rings. The average Bonchev–Trinajstić information content (AvgIpc) is 3.34. The van der Waals surface area contributed by atoms with E-state index in [0.717, 1.165) is 50.2 Å². The fraction of sp³-hybridized carbons (Fsp3) is 0.194. The van der Waals surface area contributed by atoms with Gasteiger partial charge in [0.05, 0.1) is 33.2 Å². The van der Waals surface area contributed by atoms with E-state index in [2.05, 4.69) is 42.5 Å². The molecule has 7 heteroatoms. The van der Waals surface area contributed by atoms with Crippen molar-refractivity contribution in [3.8, 4) is 0 Å². The number of benzene rings is 4. The van der Waals surface area contributed by atoms with Gasteiger partial charge in [0.25, 0.3) is 0 Å². The summed E-state index contributed by atoms with van der Waals surface area (Å²) in [6.45, 7) is 1.42. The number of carbonyl (C=O) groups is 1. The van der Waals surface area contributed by atoms with Gasteiger partial charge in [-0.1, -0.05) is 72.8 Å². The van der Waals surface area contributed by atoms with Gasteiger partial charge in [-0.15, -0.1) is 11.3 Å². The summed E-state index contributed by atoms with van der Waals surface area (Å²) in [5.74, 6) is 0. The molecule has 0 fully saturated rings. The number of rotatable bonds is 8. The zero-order chi connectivity index (χ0) is 25.9. The minimum Gasteiger partial charge on any atom is -0.330 e. The number of carbonyl (C=O) groups excluding carboxylic acids is 1. The lowest BCUT2D eigenvalue weighted by atomic mass is 10.0. The third-order valence-corrected chi connectivity index (χ3v) is 7.99. The molecular formula is C31H29N5OS. The average molecular weight is 520 g/mol. The van der Waals surface area contributed by atoms with Crippen molar-refractivity contribution >= 4 is 49.8 Å². The molecule has 2 amide bonds. The Kier molecular flexibility index (Phi) is 6.86. The predicted octanol–water partition coefficient (Wildman–Crippen LogP) is 6.58. The Labute approximate surface area is 226 Å². The maximum atomic E-state index is 14.0. The first-order valence-electron chi connectivity index (χ1n) is 13.0. The number of aryl methyl sites for hydroxylation is 1. The summed E-state index contributed by atoms with van der Waals surface area (Å²) in [6.07, 6.45) is 2.12. The van der Waals surface area contributed by atoms with E-state index in [1.807, 2.05) is 53.4 Å². The van der Waals surface area contributed by atoms with Crippen LogP contribution < -0.4 is 10.6 Å². The lowest BCUT2D eigenvalue weighted by Gasteiger charge is -2.27. The van der Waals surface area contributed by atoms with Gasteiger partial charge in [0, 0.05) is 18.5 Å². The van der Waals surface area contributed by atoms with E-state index in [1.165, 1.54) is 4.70 Å². The van der Waals surface area contributed by atoms with Crippen molar-refractivity contribution in [2.24, 2.45) is 10.8 Å². The summed E-state index contributed by atoms with van der Waals surface area (Å²) in [4.78, 5) is 20.7. The van der Waals surface area contributed by atoms with Gasteiger partial charge in [-0.3, -0.25) is 4.90 Å². The molecule has 0 bridgehead atoms. The van der Waals surface area contributed by atoms with Crippen molar-refractivity contribution in [1.29, 1.82) is 0 Å². The Morgan fingerprint density at radius 3 is 2.53 bits per heavy atom. The van der Waals surface area contributed by atoms with Gasteiger partial charge < -0.3 is 5.73 Å². The van der Waals surface area contributed by atoms with Gasteiger partial charge in [-0.2, -0.15) is 5.10 Å². The third-order valence-electron chi connectivity index (χ3n) is 6.90. The van der Waals surface area contributed by atoms with Gasteiger partial charge in [-0.25, -0.2) is 14.8 Å². The Morgan fingerprint density at radius 1 is 0.842 bits per heavy atom. The molecule has 2 heterocycles. The van der Waals surface area contributed by atoms with Crippen LogP contribution in [0.3, 0.4) is 0 Å². The third kappa shape index (κ3) is 4.78. The smallest absolute Gasteiger partial charge is 0.330 e. The summed E-state index contributed by atoms with van der Waals surface area (Å²) in [5.41, 5.74) is 10.7. The standard InChI is InChI=1S/C31H29N5OS/c32-19-8-20-36-31(37)35(21-23-11-7-10-22-9-1-2-12-24(22)23)28-15-5-3-13-25(28)26(34-36)17-18-30-33-27-14-4-6-16-29(27)38-30/h1-7,9-16H,8,17-21,32H2. The molecule has 0 unspecified atom stereocenters. The summed E-state index contributed by atoms with van der Waals surface area (Å²) in [6, 6.07) is 30.7. The van der Waals surface area contributed by atoms with Crippen LogP contribution in [0.1, 0.15) is 29.0 Å². The van der Waals surface area contributed by atoms with Crippen molar-refractivity contribution in [1.82, 2.24) is 9.99 Å². The molecule has 2 N–H and O–H groups in total. The molecule has 6 rings (SSSR count). The van der Waals surface area contributed by atoms with E-state index < -0.39 is 0 Å². The predicted molar refractivity (Wildman–Crippen MR) is 157 cm³/mol. The number of para-hydroxylation sites is 2. The van der Waals surface area contributed by atoms with E-state index in [-0.39, 0.29) is 6.03 Å². The zero-order valence-electron chi connectivity index (χ0n) is 21.1. The van der Waals surface area contributed by atoms with Crippen LogP contribution in [-0.4, -0.2) is 34.8 Å². The van der Waals surface area contributed by atoms with E-state index in [4.69, 9.17) is 15.8 Å². The van der Waals surface area contributed by atoms with Crippen molar-refractivity contribution in [3.05, 3.63) is 107 Å². The van der Waals surface area contributed by atoms with Gasteiger partial charge in [0.1, 0.15) is 0 Å². The molecule has 0 aliphatic carbocycles. The minimum absolute atomic E-state index is 0.131. The number of fused-ring (bicyclic) bond motifs is 3. The number of nitrogens with zero attached hydrogens (tertiary/aromatic N) is 4. The summed E-state index contributed by atoms with van der Waals surface area (Å²) in [5, 5.41) is 9.92. The molecule has 0 spiro atoms. The highest BCUT2D eigenvalue weighted by molar-refractivity contribution is 7.18. The second-order valence-electron chi connectivity index (χ2n) is 9.41. The number of hydrogen-bond donors (Lipinski definition) is 1. The topological polar surface area (TPSA) is 74.8 Å². The molecule has 1 aromatic heterocycles. The van der Waals surface area contributed by atoms with Crippen LogP contribution in [0.15, 0.2) is 96.1 Å². The summed E-state index contributed by atoms with van der Waals surface area (Å²) >= 11 is 1.72. The summed E-state index contributed by atoms with van der Waals surface area (Å²) < 4.78 is 1.19. The van der Waals surface area contributed by atoms with Gasteiger partial charge in [-0.05, 0) is 53.9 Å². The van der Waals surface area contributed by atoms with Crippen molar-refractivity contribution < 1.29 is 4.79 Å². The van der Waals surface area contributed by atoms with Gasteiger partial charge in [0.15, 0.2) is 0 Å². The second kappa shape index (κ2) is 10.7. The van der Waals surface area contributed by atoms with E-state index in [1.54, 1.807) is 16.3 Å². The number of nitrogens with two attached hydrogens (primary N) is 1. The van der Waals surface area contributed by atoms with Crippen molar-refractivity contribution in [2.45, 2.75) is 25.8 Å². The Balaban J connectivity index is 1.37. The lowest BCUT2D eigenvalue weighted by molar-refractivity contribution is 0.206. The van der Waals surface area contributed by atoms with Crippen molar-refractivity contribution in [3.63, 3.8) is 0 Å². The number of thiazole rings is 1. The SMILES string of the molecule is NCCCN1N=C(CCc2nc3ccccc3s2)c2ccccc2N(Cc2cccc3ccccc23)C1=O. The first-order valence-corrected chi connectivity index (χ1v) is 13.8. The quantitative estimate of drug-likeness (QED) is 0.252. The monoisotopic (exact) mass is 519 g/mol. The number of aromatic nitrogens is 1. The molecule has 38 heavy (non-hydrogen) atoms. The Bertz CT molecular complexity index is 1600. The van der Waals surface area contributed by atoms with Crippen LogP contribution in [0, 0.1) is 0 Å². The molecule has 0 atom stereocenters. The zero-order valence-corrected chi connectivity index (χ0v) is 21.9. The number of hydrogen-bond acceptors (Lipinski definition) is 5. The molecule has 0 saturated carbocycles. The van der Waals surface area contributed by atoms with E-state index >= 15 is 0 Å². The Morgan fingerprint density at radius 2 is 1.63 bits per heavy atom. The highest BCUT2D eigenvalue weighted by atomic mass is 32.1. The lowest BCUT2D eigenvalue weighted by Crippen LogP contribution is -2.40. The molecule has 1 aliphatic rings. The summed E-state index contributed by atoms with van der Waals surface area (Å²) in [7, 11) is 0. The number of hydrazone groups is 1. The fourth-order valence-corrected chi connectivity index (χ4v) is 5.98. The maximum absolute atomic E-state index is 14.0. The van der Waals surface area contributed by atoms with Crippen LogP contribution in [0.25, 0.3) is 21.0 Å². The van der Waals surface area contributed by atoms with E-state index in [0.29, 0.717) is 32.5 Å². The van der Waals surface area contributed by atoms with Crippen LogP contribution in [-0.2, 0) is 13.0 Å². The molecule has 4 aromatic carbocycles. The molecule has 190 valence electrons. The minimum atomic E-state index is -0.131. The highest BCUT2D eigenvalue weighted by Gasteiger charge is 2.30. The second-order valence-corrected chi connectivity index (χ2v) is 10.5. The van der Waals surface area contributed by atoms with Gasteiger partial charge in [0.2, 0.25) is 0 Å². The first-order chi connectivity index (χ1) is 18.7. The number of amides is 2. The van der Waals surface area contributed by atoms with Crippen molar-refractivity contribution in [2.75, 3.05) is 18.0 Å². The normalized spacial score (nSPS) is 13.6.